The number of nitrogens with zero attached hydrogens (tertiary/aromatic N) is 6. The first kappa shape index (κ1) is 24.0. The zero-order valence-electron chi connectivity index (χ0n) is 20.4. The van der Waals surface area contributed by atoms with Crippen molar-refractivity contribution in [2.75, 3.05) is 11.4 Å². The van der Waals surface area contributed by atoms with Gasteiger partial charge in [0, 0.05) is 11.4 Å². The van der Waals surface area contributed by atoms with Crippen molar-refractivity contribution < 1.29 is 14.4 Å². The molecule has 1 fully saturated rings. The average Bonchev–Trinajstić information content (AvgIpc) is 3.61. The monoisotopic (exact) mass is 526 g/mol. The molecule has 1 saturated heterocycles. The average molecular weight is 527 g/mol. The Morgan fingerprint density at radius 1 is 0.947 bits per heavy atom. The Bertz CT molecular complexity index is 1470. The summed E-state index contributed by atoms with van der Waals surface area (Å²) in [4.78, 5) is 41.1. The van der Waals surface area contributed by atoms with Gasteiger partial charge >= 0.3 is 0 Å². The van der Waals surface area contributed by atoms with E-state index in [0.29, 0.717) is 17.1 Å². The van der Waals surface area contributed by atoms with Crippen LogP contribution in [0.3, 0.4) is 0 Å². The summed E-state index contributed by atoms with van der Waals surface area (Å²) in [6.45, 7) is 1.68. The standard InChI is InChI=1S/C28H23ClN6O3/c1-17-7-13-21(14-8-17)34-27(37)25-26(28(34)38)33(32-30-25)16-24(36)35-23(19-5-3-2-4-6-19)15-22(31-35)18-9-11-20(29)12-10-18/h2-14,23,25-26H,15-16H2,1H3/t23-,25-,26-/m1/s1. The Labute approximate surface area is 224 Å². The molecule has 3 atom stereocenters. The molecule has 0 unspecified atom stereocenters. The Morgan fingerprint density at radius 3 is 2.37 bits per heavy atom. The van der Waals surface area contributed by atoms with Gasteiger partial charge in [0.1, 0.15) is 6.54 Å². The molecule has 0 saturated carbocycles. The van der Waals surface area contributed by atoms with Crippen LogP contribution in [0.1, 0.15) is 29.2 Å². The fourth-order valence-electron chi connectivity index (χ4n) is 5.01. The molecular formula is C28H23ClN6O3. The second-order valence-electron chi connectivity index (χ2n) is 9.46. The van der Waals surface area contributed by atoms with E-state index in [2.05, 4.69) is 15.4 Å². The maximum atomic E-state index is 13.6. The van der Waals surface area contributed by atoms with Crippen molar-refractivity contribution in [2.24, 2.45) is 15.4 Å². The lowest BCUT2D eigenvalue weighted by atomic mass is 9.98. The molecule has 0 radical (unpaired) electrons. The van der Waals surface area contributed by atoms with E-state index in [1.54, 1.807) is 24.3 Å². The molecule has 3 heterocycles. The van der Waals surface area contributed by atoms with Crippen LogP contribution in [0.15, 0.2) is 94.3 Å². The highest BCUT2D eigenvalue weighted by molar-refractivity contribution is 6.30. The van der Waals surface area contributed by atoms with E-state index in [1.165, 1.54) is 10.0 Å². The second kappa shape index (κ2) is 9.50. The number of hydrogen-bond donors (Lipinski definition) is 0. The third kappa shape index (κ3) is 4.14. The van der Waals surface area contributed by atoms with Crippen LogP contribution in [-0.4, -0.2) is 52.1 Å². The van der Waals surface area contributed by atoms with Crippen LogP contribution >= 0.6 is 11.6 Å². The third-order valence-electron chi connectivity index (χ3n) is 6.98. The van der Waals surface area contributed by atoms with Crippen LogP contribution in [0.4, 0.5) is 5.69 Å². The van der Waals surface area contributed by atoms with Crippen LogP contribution in [0.25, 0.3) is 0 Å². The van der Waals surface area contributed by atoms with Gasteiger partial charge in [0.15, 0.2) is 12.1 Å². The lowest BCUT2D eigenvalue weighted by molar-refractivity contribution is -0.135. The van der Waals surface area contributed by atoms with Gasteiger partial charge in [-0.15, -0.1) is 0 Å². The molecule has 10 heteroatoms. The number of hydrogen-bond acceptors (Lipinski definition) is 7. The van der Waals surface area contributed by atoms with Gasteiger partial charge in [-0.25, -0.2) is 9.91 Å². The molecule has 3 aromatic rings. The lowest BCUT2D eigenvalue weighted by Crippen LogP contribution is -2.44. The first-order valence-corrected chi connectivity index (χ1v) is 12.6. The Balaban J connectivity index is 1.25. The summed E-state index contributed by atoms with van der Waals surface area (Å²) in [5, 5.41) is 16.1. The number of benzene rings is 3. The molecule has 0 N–H and O–H groups in total. The number of carbonyl (C=O) groups is 3. The topological polar surface area (TPSA) is 98.0 Å². The molecule has 0 aromatic heterocycles. The Kier molecular flexibility index (Phi) is 6.00. The smallest absolute Gasteiger partial charge is 0.264 e. The molecule has 3 aromatic carbocycles. The van der Waals surface area contributed by atoms with Crippen molar-refractivity contribution in [1.29, 1.82) is 0 Å². The molecule has 0 aliphatic carbocycles. The molecule has 0 bridgehead atoms. The maximum absolute atomic E-state index is 13.6. The molecule has 38 heavy (non-hydrogen) atoms. The molecule has 9 nitrogen and oxygen atoms in total. The second-order valence-corrected chi connectivity index (χ2v) is 9.90. The van der Waals surface area contributed by atoms with Gasteiger partial charge in [-0.2, -0.15) is 10.2 Å². The van der Waals surface area contributed by atoms with Crippen LogP contribution in [0.5, 0.6) is 0 Å². The van der Waals surface area contributed by atoms with Crippen LogP contribution < -0.4 is 4.90 Å². The van der Waals surface area contributed by atoms with Gasteiger partial charge in [0.05, 0.1) is 17.4 Å². The van der Waals surface area contributed by atoms with Crippen LogP contribution in [-0.2, 0) is 14.4 Å². The van der Waals surface area contributed by atoms with Gasteiger partial charge in [0.2, 0.25) is 0 Å². The SMILES string of the molecule is Cc1ccc(N2C(=O)[C@@H]3N=NN(CC(=O)N4N=C(c5ccc(Cl)cc5)C[C@@H]4c4ccccc4)[C@H]3C2=O)cc1. The zero-order chi connectivity index (χ0) is 26.4. The molecule has 3 aliphatic rings. The number of halogens is 1. The number of carbonyl (C=O) groups excluding carboxylic acids is 3. The fraction of sp³-hybridized carbons (Fsp3) is 0.214. The number of anilines is 1. The molecule has 190 valence electrons. The summed E-state index contributed by atoms with van der Waals surface area (Å²) in [6, 6.07) is 21.8. The number of aryl methyl sites for hydroxylation is 1. The summed E-state index contributed by atoms with van der Waals surface area (Å²) >= 11 is 6.06. The minimum absolute atomic E-state index is 0.244. The van der Waals surface area contributed by atoms with E-state index in [9.17, 15) is 14.4 Å². The van der Waals surface area contributed by atoms with Crippen molar-refractivity contribution in [3.8, 4) is 0 Å². The summed E-state index contributed by atoms with van der Waals surface area (Å²) in [7, 11) is 0. The zero-order valence-corrected chi connectivity index (χ0v) is 21.2. The van der Waals surface area contributed by atoms with E-state index < -0.39 is 23.9 Å². The van der Waals surface area contributed by atoms with E-state index >= 15 is 0 Å². The Hall–Kier alpha value is -4.37. The van der Waals surface area contributed by atoms with Crippen molar-refractivity contribution in [1.82, 2.24) is 10.0 Å². The fourth-order valence-corrected chi connectivity index (χ4v) is 5.13. The van der Waals surface area contributed by atoms with Crippen molar-refractivity contribution in [2.45, 2.75) is 31.5 Å². The molecule has 0 spiro atoms. The van der Waals surface area contributed by atoms with Gasteiger partial charge < -0.3 is 0 Å². The highest BCUT2D eigenvalue weighted by Crippen LogP contribution is 2.35. The minimum Gasteiger partial charge on any atom is -0.271 e. The number of hydrazone groups is 1. The first-order valence-electron chi connectivity index (χ1n) is 12.2. The lowest BCUT2D eigenvalue weighted by Gasteiger charge is -2.25. The summed E-state index contributed by atoms with van der Waals surface area (Å²) in [5.74, 6) is -1.25. The normalized spacial score (nSPS) is 22.3. The van der Waals surface area contributed by atoms with E-state index in [1.807, 2.05) is 61.5 Å². The van der Waals surface area contributed by atoms with E-state index in [0.717, 1.165) is 27.3 Å². The van der Waals surface area contributed by atoms with Gasteiger partial charge in [-0.1, -0.05) is 77.0 Å². The third-order valence-corrected chi connectivity index (χ3v) is 7.23. The van der Waals surface area contributed by atoms with Crippen LogP contribution in [0.2, 0.25) is 5.02 Å². The predicted molar refractivity (Wildman–Crippen MR) is 141 cm³/mol. The maximum Gasteiger partial charge on any atom is 0.264 e. The van der Waals surface area contributed by atoms with Gasteiger partial charge in [-0.05, 0) is 42.3 Å². The largest absolute Gasteiger partial charge is 0.271 e. The van der Waals surface area contributed by atoms with Crippen molar-refractivity contribution >= 4 is 40.7 Å². The van der Waals surface area contributed by atoms with Gasteiger partial charge in [0.25, 0.3) is 17.7 Å². The molecule has 6 rings (SSSR count). The number of amides is 3. The molecule has 3 aliphatic heterocycles. The highest BCUT2D eigenvalue weighted by atomic mass is 35.5. The summed E-state index contributed by atoms with van der Waals surface area (Å²) in [5.41, 5.74) is 4.05. The van der Waals surface area contributed by atoms with E-state index in [-0.39, 0.29) is 18.5 Å². The predicted octanol–water partition coefficient (Wildman–Crippen LogP) is 4.32. The summed E-state index contributed by atoms with van der Waals surface area (Å²) < 4.78 is 0. The number of rotatable bonds is 5. The minimum atomic E-state index is -0.978. The highest BCUT2D eigenvalue weighted by Gasteiger charge is 2.55. The van der Waals surface area contributed by atoms with Crippen LogP contribution in [0, 0.1) is 6.92 Å². The number of fused-ring (bicyclic) bond motifs is 1. The molecular weight excluding hydrogens is 504 g/mol. The van der Waals surface area contributed by atoms with Crippen molar-refractivity contribution in [3.63, 3.8) is 0 Å². The number of imide groups is 1. The van der Waals surface area contributed by atoms with Crippen molar-refractivity contribution in [3.05, 3.63) is 101 Å². The quantitative estimate of drug-likeness (QED) is 0.462. The Morgan fingerprint density at radius 2 is 1.66 bits per heavy atom. The first-order chi connectivity index (χ1) is 18.4. The molecule has 3 amide bonds. The van der Waals surface area contributed by atoms with E-state index in [4.69, 9.17) is 11.6 Å². The van der Waals surface area contributed by atoms with Gasteiger partial charge in [-0.3, -0.25) is 19.4 Å². The summed E-state index contributed by atoms with van der Waals surface area (Å²) in [6.07, 6.45) is 0.517.